The number of hydrogen-bond donors (Lipinski definition) is 0. The average molecular weight is 855 g/mol. The molecule has 0 saturated carbocycles. The third-order valence-electron chi connectivity index (χ3n) is 13.4. The van der Waals surface area contributed by atoms with Crippen molar-refractivity contribution < 1.29 is 4.42 Å². The van der Waals surface area contributed by atoms with Gasteiger partial charge >= 0.3 is 0 Å². The predicted molar refractivity (Wildman–Crippen MR) is 282 cm³/mol. The van der Waals surface area contributed by atoms with E-state index >= 15 is 0 Å². The van der Waals surface area contributed by atoms with Crippen LogP contribution in [0.2, 0.25) is 0 Å². The molecule has 0 amide bonds. The molecule has 0 fully saturated rings. The van der Waals surface area contributed by atoms with Crippen molar-refractivity contribution in [2.24, 2.45) is 0 Å². The Labute approximate surface area is 388 Å². The summed E-state index contributed by atoms with van der Waals surface area (Å²) in [4.78, 5) is 2.47. The SMILES string of the molecule is c1ccc(-c2cccc3cccc(-c4ccccc4N(c4ccc(-c5cccc6oc7ccccc7c56)cc4)c4ccccc4-c4cccc5c4c4ccccc4n5-c4ccccc4)c23)cc1. The second kappa shape index (κ2) is 16.0. The van der Waals surface area contributed by atoms with E-state index < -0.39 is 0 Å². The molecule has 0 bridgehead atoms. The Morgan fingerprint density at radius 3 is 1.52 bits per heavy atom. The molecule has 67 heavy (non-hydrogen) atoms. The molecule has 0 radical (unpaired) electrons. The molecule has 13 rings (SSSR count). The lowest BCUT2D eigenvalue weighted by Crippen LogP contribution is -2.12. The Kier molecular flexibility index (Phi) is 9.17. The molecule has 0 N–H and O–H groups in total. The van der Waals surface area contributed by atoms with Gasteiger partial charge in [-0.1, -0.05) is 194 Å². The molecular formula is C64H42N2O. The summed E-state index contributed by atoms with van der Waals surface area (Å²) in [6.07, 6.45) is 0. The lowest BCUT2D eigenvalue weighted by Gasteiger charge is -2.30. The van der Waals surface area contributed by atoms with Gasteiger partial charge in [-0.3, -0.25) is 0 Å². The quantitative estimate of drug-likeness (QED) is 0.152. The van der Waals surface area contributed by atoms with E-state index in [4.69, 9.17) is 4.42 Å². The zero-order valence-electron chi connectivity index (χ0n) is 36.6. The van der Waals surface area contributed by atoms with Crippen molar-refractivity contribution in [3.63, 3.8) is 0 Å². The van der Waals surface area contributed by atoms with Gasteiger partial charge in [-0.05, 0) is 105 Å². The highest BCUT2D eigenvalue weighted by molar-refractivity contribution is 6.18. The molecule has 0 aliphatic carbocycles. The fourth-order valence-electron chi connectivity index (χ4n) is 10.5. The molecule has 3 nitrogen and oxygen atoms in total. The Morgan fingerprint density at radius 2 is 0.791 bits per heavy atom. The Morgan fingerprint density at radius 1 is 0.299 bits per heavy atom. The van der Waals surface area contributed by atoms with Crippen LogP contribution in [-0.2, 0) is 0 Å². The van der Waals surface area contributed by atoms with E-state index in [9.17, 15) is 0 Å². The molecule has 0 aliphatic rings. The minimum atomic E-state index is 0.889. The summed E-state index contributed by atoms with van der Waals surface area (Å²) in [5, 5.41) is 7.12. The first-order valence-corrected chi connectivity index (χ1v) is 22.9. The monoisotopic (exact) mass is 854 g/mol. The van der Waals surface area contributed by atoms with Crippen LogP contribution in [0, 0.1) is 0 Å². The maximum Gasteiger partial charge on any atom is 0.136 e. The zero-order valence-corrected chi connectivity index (χ0v) is 36.6. The summed E-state index contributed by atoms with van der Waals surface area (Å²) in [6, 6.07) is 92.0. The van der Waals surface area contributed by atoms with Crippen molar-refractivity contribution in [1.82, 2.24) is 4.57 Å². The zero-order chi connectivity index (χ0) is 44.3. The molecule has 0 spiro atoms. The van der Waals surface area contributed by atoms with Crippen LogP contribution in [0.4, 0.5) is 17.1 Å². The number of furan rings is 1. The number of benzene rings is 11. The smallest absolute Gasteiger partial charge is 0.136 e. The maximum atomic E-state index is 6.34. The van der Waals surface area contributed by atoms with Crippen LogP contribution in [0.1, 0.15) is 0 Å². The Hall–Kier alpha value is -8.92. The van der Waals surface area contributed by atoms with Gasteiger partial charge in [0.05, 0.1) is 22.4 Å². The highest BCUT2D eigenvalue weighted by Crippen LogP contribution is 2.49. The van der Waals surface area contributed by atoms with Gasteiger partial charge in [0, 0.05) is 44.0 Å². The second-order valence-electron chi connectivity index (χ2n) is 17.2. The summed E-state index contributed by atoms with van der Waals surface area (Å²) < 4.78 is 8.74. The highest BCUT2D eigenvalue weighted by Gasteiger charge is 2.24. The van der Waals surface area contributed by atoms with Crippen molar-refractivity contribution in [1.29, 1.82) is 0 Å². The van der Waals surface area contributed by atoms with E-state index in [1.165, 1.54) is 54.8 Å². The minimum Gasteiger partial charge on any atom is -0.456 e. The maximum absolute atomic E-state index is 6.34. The third kappa shape index (κ3) is 6.35. The van der Waals surface area contributed by atoms with E-state index in [2.05, 4.69) is 252 Å². The number of aromatic nitrogens is 1. The fraction of sp³-hybridized carbons (Fsp3) is 0. The van der Waals surface area contributed by atoms with Crippen molar-refractivity contribution >= 4 is 71.6 Å². The van der Waals surface area contributed by atoms with Gasteiger partial charge in [-0.15, -0.1) is 0 Å². The molecule has 0 saturated heterocycles. The molecule has 0 atom stereocenters. The molecule has 11 aromatic carbocycles. The normalized spacial score (nSPS) is 11.6. The molecule has 2 aromatic heterocycles. The van der Waals surface area contributed by atoms with Gasteiger partial charge in [0.25, 0.3) is 0 Å². The van der Waals surface area contributed by atoms with E-state index in [-0.39, 0.29) is 0 Å². The summed E-state index contributed by atoms with van der Waals surface area (Å²) in [5.74, 6) is 0. The van der Waals surface area contributed by atoms with Crippen LogP contribution in [0.15, 0.2) is 259 Å². The Bertz CT molecular complexity index is 3970. The van der Waals surface area contributed by atoms with Crippen LogP contribution >= 0.6 is 0 Å². The molecule has 0 aliphatic heterocycles. The lowest BCUT2D eigenvalue weighted by molar-refractivity contribution is 0.669. The van der Waals surface area contributed by atoms with Crippen molar-refractivity contribution in [2.45, 2.75) is 0 Å². The van der Waals surface area contributed by atoms with Gasteiger partial charge in [-0.2, -0.15) is 0 Å². The molecule has 2 heterocycles. The highest BCUT2D eigenvalue weighted by atomic mass is 16.3. The number of rotatable bonds is 8. The van der Waals surface area contributed by atoms with Crippen molar-refractivity contribution in [2.75, 3.05) is 4.90 Å². The topological polar surface area (TPSA) is 21.3 Å². The molecule has 314 valence electrons. The van der Waals surface area contributed by atoms with Crippen LogP contribution in [0.25, 0.3) is 105 Å². The summed E-state index contributed by atoms with van der Waals surface area (Å²) in [6.45, 7) is 0. The van der Waals surface area contributed by atoms with Crippen LogP contribution in [0.3, 0.4) is 0 Å². The first-order valence-electron chi connectivity index (χ1n) is 22.9. The average Bonchev–Trinajstić information content (AvgIpc) is 3.96. The van der Waals surface area contributed by atoms with Gasteiger partial charge in [0.2, 0.25) is 0 Å². The van der Waals surface area contributed by atoms with E-state index in [0.29, 0.717) is 0 Å². The second-order valence-corrected chi connectivity index (χ2v) is 17.2. The Balaban J connectivity index is 1.06. The molecular weight excluding hydrogens is 813 g/mol. The lowest BCUT2D eigenvalue weighted by atomic mass is 9.90. The number of hydrogen-bond acceptors (Lipinski definition) is 2. The van der Waals surface area contributed by atoms with Crippen molar-refractivity contribution in [3.8, 4) is 50.2 Å². The van der Waals surface area contributed by atoms with Gasteiger partial charge in [-0.25, -0.2) is 0 Å². The number of para-hydroxylation sites is 5. The van der Waals surface area contributed by atoms with E-state index in [0.717, 1.165) is 66.9 Å². The van der Waals surface area contributed by atoms with Crippen LogP contribution in [0.5, 0.6) is 0 Å². The van der Waals surface area contributed by atoms with E-state index in [1.54, 1.807) is 0 Å². The van der Waals surface area contributed by atoms with Gasteiger partial charge < -0.3 is 13.9 Å². The number of anilines is 3. The molecule has 13 aromatic rings. The van der Waals surface area contributed by atoms with Crippen LogP contribution < -0.4 is 4.90 Å². The fourth-order valence-corrected chi connectivity index (χ4v) is 10.5. The summed E-state index contributed by atoms with van der Waals surface area (Å²) in [5.41, 5.74) is 17.8. The van der Waals surface area contributed by atoms with Crippen molar-refractivity contribution in [3.05, 3.63) is 255 Å². The molecule has 3 heteroatoms. The first kappa shape index (κ1) is 38.5. The van der Waals surface area contributed by atoms with Gasteiger partial charge in [0.1, 0.15) is 11.2 Å². The predicted octanol–water partition coefficient (Wildman–Crippen LogP) is 18.0. The number of fused-ring (bicyclic) bond motifs is 7. The summed E-state index contributed by atoms with van der Waals surface area (Å²) >= 11 is 0. The third-order valence-corrected chi connectivity index (χ3v) is 13.4. The molecule has 0 unspecified atom stereocenters. The van der Waals surface area contributed by atoms with Crippen LogP contribution in [-0.4, -0.2) is 4.57 Å². The summed E-state index contributed by atoms with van der Waals surface area (Å²) in [7, 11) is 0. The minimum absolute atomic E-state index is 0.889. The van der Waals surface area contributed by atoms with E-state index in [1.807, 2.05) is 12.1 Å². The standard InChI is InChI=1S/C64H42N2O/c1-3-19-43(20-4-1)48-29-15-21-45-22-16-31-52(62(45)48)50-25-7-11-33-56(50)65(47-41-39-44(40-42-47)49-30-18-38-61-64(49)55-28-10-14-37-60(55)67-61)57-34-12-8-26-51(57)53-32-17-36-59-63(53)54-27-9-13-35-58(54)66(59)46-23-5-2-6-24-46/h1-42H. The number of nitrogens with zero attached hydrogens (tertiary/aromatic N) is 2. The van der Waals surface area contributed by atoms with Gasteiger partial charge in [0.15, 0.2) is 0 Å². The first-order chi connectivity index (χ1) is 33.3. The largest absolute Gasteiger partial charge is 0.456 e.